The molecule has 1 N–H and O–H groups in total. The third-order valence-electron chi connectivity index (χ3n) is 2.89. The van der Waals surface area contributed by atoms with Crippen LogP contribution in [0.15, 0.2) is 12.4 Å². The minimum atomic E-state index is -0.182. The maximum Gasteiger partial charge on any atom is 0.219 e. The lowest BCUT2D eigenvalue weighted by Gasteiger charge is -2.30. The summed E-state index contributed by atoms with van der Waals surface area (Å²) in [5.41, 5.74) is 0. The molecule has 0 radical (unpaired) electrons. The summed E-state index contributed by atoms with van der Waals surface area (Å²) in [6, 6.07) is 1.81. The molecule has 0 atom stereocenters. The van der Waals surface area contributed by atoms with Gasteiger partial charge in [-0.25, -0.2) is 9.97 Å². The lowest BCUT2D eigenvalue weighted by molar-refractivity contribution is 0.145. The van der Waals surface area contributed by atoms with Gasteiger partial charge in [0.15, 0.2) is 6.61 Å². The smallest absolute Gasteiger partial charge is 0.219 e. The van der Waals surface area contributed by atoms with Crippen LogP contribution < -0.4 is 9.64 Å². The zero-order chi connectivity index (χ0) is 12.8. The van der Waals surface area contributed by atoms with Gasteiger partial charge in [0.1, 0.15) is 12.1 Å². The van der Waals surface area contributed by atoms with Crippen molar-refractivity contribution in [2.75, 3.05) is 24.6 Å². The molecule has 0 amide bonds. The molecular weight excluding hydrogens is 230 g/mol. The number of aromatic nitrogens is 2. The second-order valence-electron chi connectivity index (χ2n) is 4.15. The Morgan fingerprint density at radius 1 is 1.44 bits per heavy atom. The van der Waals surface area contributed by atoms with Gasteiger partial charge in [0.05, 0.1) is 6.10 Å². The molecule has 2 heterocycles. The third-order valence-corrected chi connectivity index (χ3v) is 2.89. The van der Waals surface area contributed by atoms with Gasteiger partial charge in [0.2, 0.25) is 5.88 Å². The molecule has 5 heteroatoms. The standard InChI is InChI=1S/C13H17N3O2/c1-2-3-8-18-13-9-12(14-10-15-13)16-6-4-11(17)5-7-16/h9-11,17H,4-8H2,1H3. The van der Waals surface area contributed by atoms with Crippen LogP contribution in [-0.4, -0.2) is 40.9 Å². The summed E-state index contributed by atoms with van der Waals surface area (Å²) in [6.07, 6.45) is 2.87. The van der Waals surface area contributed by atoms with Gasteiger partial charge < -0.3 is 14.7 Å². The second kappa shape index (κ2) is 6.22. The van der Waals surface area contributed by atoms with Gasteiger partial charge in [-0.3, -0.25) is 0 Å². The Morgan fingerprint density at radius 3 is 2.94 bits per heavy atom. The number of rotatable bonds is 3. The Labute approximate surface area is 107 Å². The molecule has 0 saturated carbocycles. The van der Waals surface area contributed by atoms with Gasteiger partial charge in [0, 0.05) is 19.2 Å². The lowest BCUT2D eigenvalue weighted by atomic mass is 10.1. The van der Waals surface area contributed by atoms with Crippen LogP contribution in [0.3, 0.4) is 0 Å². The van der Waals surface area contributed by atoms with Crippen molar-refractivity contribution < 1.29 is 9.84 Å². The minimum absolute atomic E-state index is 0.182. The molecular formula is C13H17N3O2. The molecule has 1 aromatic heterocycles. The summed E-state index contributed by atoms with van der Waals surface area (Å²) in [4.78, 5) is 10.4. The van der Waals surface area contributed by atoms with Crippen LogP contribution in [0.1, 0.15) is 19.8 Å². The molecule has 2 rings (SSSR count). The van der Waals surface area contributed by atoms with E-state index >= 15 is 0 Å². The topological polar surface area (TPSA) is 58.5 Å². The van der Waals surface area contributed by atoms with Crippen molar-refractivity contribution in [3.63, 3.8) is 0 Å². The van der Waals surface area contributed by atoms with Crippen molar-refractivity contribution in [1.29, 1.82) is 0 Å². The number of aliphatic hydroxyl groups excluding tert-OH is 1. The number of aliphatic hydroxyl groups is 1. The number of hydrogen-bond donors (Lipinski definition) is 1. The Kier molecular flexibility index (Phi) is 4.37. The van der Waals surface area contributed by atoms with Crippen molar-refractivity contribution >= 4 is 5.82 Å². The fourth-order valence-corrected chi connectivity index (χ4v) is 1.86. The zero-order valence-electron chi connectivity index (χ0n) is 10.5. The van der Waals surface area contributed by atoms with E-state index in [2.05, 4.69) is 26.7 Å². The molecule has 5 nitrogen and oxygen atoms in total. The summed E-state index contributed by atoms with van der Waals surface area (Å²) in [7, 11) is 0. The average Bonchev–Trinajstić information content (AvgIpc) is 2.40. The summed E-state index contributed by atoms with van der Waals surface area (Å²) in [5, 5.41) is 9.47. The predicted molar refractivity (Wildman–Crippen MR) is 68.4 cm³/mol. The van der Waals surface area contributed by atoms with Crippen LogP contribution in [-0.2, 0) is 0 Å². The van der Waals surface area contributed by atoms with Crippen LogP contribution in [0.5, 0.6) is 5.88 Å². The number of ether oxygens (including phenoxy) is 1. The quantitative estimate of drug-likeness (QED) is 0.802. The van der Waals surface area contributed by atoms with Crippen molar-refractivity contribution in [3.05, 3.63) is 12.4 Å². The Hall–Kier alpha value is -1.80. The number of hydrogen-bond acceptors (Lipinski definition) is 5. The zero-order valence-corrected chi connectivity index (χ0v) is 10.5. The van der Waals surface area contributed by atoms with Crippen LogP contribution in [0.2, 0.25) is 0 Å². The fourth-order valence-electron chi connectivity index (χ4n) is 1.86. The predicted octanol–water partition coefficient (Wildman–Crippen LogP) is 0.840. The average molecular weight is 247 g/mol. The molecule has 1 fully saturated rings. The molecule has 0 aliphatic carbocycles. The summed E-state index contributed by atoms with van der Waals surface area (Å²) < 4.78 is 5.40. The SMILES string of the molecule is CC#CCOc1cc(N2CCC(O)CC2)ncn1. The van der Waals surface area contributed by atoms with E-state index < -0.39 is 0 Å². The largest absolute Gasteiger partial charge is 0.464 e. The van der Waals surface area contributed by atoms with Crippen LogP contribution >= 0.6 is 0 Å². The molecule has 1 aromatic rings. The van der Waals surface area contributed by atoms with Gasteiger partial charge in [-0.05, 0) is 19.8 Å². The molecule has 18 heavy (non-hydrogen) atoms. The van der Waals surface area contributed by atoms with Crippen molar-refractivity contribution in [2.24, 2.45) is 0 Å². The second-order valence-corrected chi connectivity index (χ2v) is 4.15. The molecule has 0 spiro atoms. The number of nitrogens with zero attached hydrogens (tertiary/aromatic N) is 3. The van der Waals surface area contributed by atoms with E-state index in [1.807, 2.05) is 6.07 Å². The van der Waals surface area contributed by atoms with E-state index in [1.54, 1.807) is 6.92 Å². The van der Waals surface area contributed by atoms with E-state index in [-0.39, 0.29) is 6.10 Å². The van der Waals surface area contributed by atoms with Gasteiger partial charge >= 0.3 is 0 Å². The minimum Gasteiger partial charge on any atom is -0.464 e. The first-order chi connectivity index (χ1) is 8.79. The number of piperidine rings is 1. The molecule has 1 saturated heterocycles. The van der Waals surface area contributed by atoms with E-state index in [0.29, 0.717) is 12.5 Å². The molecule has 0 unspecified atom stereocenters. The number of anilines is 1. The molecule has 0 bridgehead atoms. The highest BCUT2D eigenvalue weighted by molar-refractivity contribution is 5.41. The van der Waals surface area contributed by atoms with E-state index in [0.717, 1.165) is 31.7 Å². The van der Waals surface area contributed by atoms with E-state index in [1.165, 1.54) is 6.33 Å². The van der Waals surface area contributed by atoms with Gasteiger partial charge in [-0.1, -0.05) is 5.92 Å². The van der Waals surface area contributed by atoms with Crippen LogP contribution in [0.25, 0.3) is 0 Å². The molecule has 96 valence electrons. The summed E-state index contributed by atoms with van der Waals surface area (Å²) in [6.45, 7) is 3.73. The first-order valence-electron chi connectivity index (χ1n) is 6.07. The van der Waals surface area contributed by atoms with Crippen molar-refractivity contribution in [2.45, 2.75) is 25.9 Å². The highest BCUT2D eigenvalue weighted by Gasteiger charge is 2.18. The normalized spacial score (nSPS) is 16.0. The third kappa shape index (κ3) is 3.34. The van der Waals surface area contributed by atoms with Crippen LogP contribution in [0.4, 0.5) is 5.82 Å². The lowest BCUT2D eigenvalue weighted by Crippen LogP contribution is -2.36. The highest BCUT2D eigenvalue weighted by Crippen LogP contribution is 2.20. The molecule has 1 aliphatic heterocycles. The van der Waals surface area contributed by atoms with Crippen molar-refractivity contribution in [1.82, 2.24) is 9.97 Å². The maximum atomic E-state index is 9.47. The van der Waals surface area contributed by atoms with Crippen LogP contribution in [0, 0.1) is 11.8 Å². The van der Waals surface area contributed by atoms with Gasteiger partial charge in [-0.2, -0.15) is 0 Å². The highest BCUT2D eigenvalue weighted by atomic mass is 16.5. The fraction of sp³-hybridized carbons (Fsp3) is 0.538. The monoisotopic (exact) mass is 247 g/mol. The van der Waals surface area contributed by atoms with E-state index in [4.69, 9.17) is 4.74 Å². The van der Waals surface area contributed by atoms with Gasteiger partial charge in [-0.15, -0.1) is 5.92 Å². The summed E-state index contributed by atoms with van der Waals surface area (Å²) >= 11 is 0. The maximum absolute atomic E-state index is 9.47. The van der Waals surface area contributed by atoms with Gasteiger partial charge in [0.25, 0.3) is 0 Å². The summed E-state index contributed by atoms with van der Waals surface area (Å²) in [5.74, 6) is 6.97. The Bertz CT molecular complexity index is 445. The van der Waals surface area contributed by atoms with E-state index in [9.17, 15) is 5.11 Å². The first kappa shape index (κ1) is 12.7. The molecule has 1 aliphatic rings. The van der Waals surface area contributed by atoms with Crippen molar-refractivity contribution in [3.8, 4) is 17.7 Å². The first-order valence-corrected chi connectivity index (χ1v) is 6.07. The molecule has 0 aromatic carbocycles. The Morgan fingerprint density at radius 2 is 2.22 bits per heavy atom. The Balaban J connectivity index is 1.99.